The third-order valence-electron chi connectivity index (χ3n) is 5.42. The summed E-state index contributed by atoms with van der Waals surface area (Å²) in [6.45, 7) is 5.05. The normalized spacial score (nSPS) is 11.0. The summed E-state index contributed by atoms with van der Waals surface area (Å²) in [7, 11) is 1.34. The van der Waals surface area contributed by atoms with Gasteiger partial charge in [0.25, 0.3) is 0 Å². The Balaban J connectivity index is 1.49. The topological polar surface area (TPSA) is 86.1 Å². The number of anilines is 1. The molecule has 10 heteroatoms. The number of carbonyl (C=O) groups excluding carboxylic acids is 2. The number of ether oxygens (including phenoxy) is 1. The van der Waals surface area contributed by atoms with Crippen LogP contribution in [0.15, 0.2) is 52.3 Å². The highest BCUT2D eigenvalue weighted by Crippen LogP contribution is 2.36. The van der Waals surface area contributed by atoms with Crippen LogP contribution in [-0.4, -0.2) is 39.5 Å². The Morgan fingerprint density at radius 2 is 1.86 bits per heavy atom. The Morgan fingerprint density at radius 3 is 2.58 bits per heavy atom. The molecule has 0 radical (unpaired) electrons. The molecule has 1 N–H and O–H groups in total. The molecule has 1 aromatic carbocycles. The molecule has 188 valence electrons. The van der Waals surface area contributed by atoms with Crippen molar-refractivity contribution >= 4 is 51.3 Å². The Labute approximate surface area is 222 Å². The van der Waals surface area contributed by atoms with E-state index in [-0.39, 0.29) is 11.7 Å². The molecule has 3 heterocycles. The molecule has 0 saturated heterocycles. The Morgan fingerprint density at radius 1 is 1.06 bits per heavy atom. The van der Waals surface area contributed by atoms with Crippen molar-refractivity contribution in [2.75, 3.05) is 18.2 Å². The smallest absolute Gasteiger partial charge is 0.341 e. The lowest BCUT2D eigenvalue weighted by Gasteiger charge is -2.09. The van der Waals surface area contributed by atoms with E-state index in [0.717, 1.165) is 48.3 Å². The van der Waals surface area contributed by atoms with Gasteiger partial charge in [0, 0.05) is 33.3 Å². The fourth-order valence-electron chi connectivity index (χ4n) is 3.79. The third-order valence-corrected chi connectivity index (χ3v) is 8.28. The number of thiophene rings is 2. The molecule has 0 bridgehead atoms. The molecule has 0 aliphatic rings. The van der Waals surface area contributed by atoms with Gasteiger partial charge >= 0.3 is 5.97 Å². The summed E-state index contributed by atoms with van der Waals surface area (Å²) in [5, 5.41) is 16.9. The van der Waals surface area contributed by atoms with Crippen LogP contribution in [0.1, 0.15) is 41.9 Å². The number of hydrogen-bond acceptors (Lipinski definition) is 8. The molecule has 0 atom stereocenters. The van der Waals surface area contributed by atoms with Crippen molar-refractivity contribution in [2.24, 2.45) is 0 Å². The lowest BCUT2D eigenvalue weighted by Crippen LogP contribution is -2.16. The lowest BCUT2D eigenvalue weighted by atomic mass is 10.0. The lowest BCUT2D eigenvalue weighted by molar-refractivity contribution is -0.113. The second kappa shape index (κ2) is 12.3. The molecule has 0 saturated carbocycles. The first kappa shape index (κ1) is 26.1. The summed E-state index contributed by atoms with van der Waals surface area (Å²) < 4.78 is 7.08. The van der Waals surface area contributed by atoms with E-state index in [2.05, 4.69) is 45.4 Å². The Kier molecular flexibility index (Phi) is 8.95. The van der Waals surface area contributed by atoms with E-state index in [1.54, 1.807) is 11.3 Å². The standard InChI is InChI=1S/C26H28N4O3S3/c1-4-9-19-13-18(14-34-19)23-28-29-26(30(23)12-5-2)36-16-21(31)27-24-22(25(32)33-3)20(15-35-24)17-10-7-6-8-11-17/h6-8,10-11,13-15H,4-5,9,12,16H2,1-3H3,(H,27,31). The van der Waals surface area contributed by atoms with Crippen molar-refractivity contribution in [1.82, 2.24) is 14.8 Å². The van der Waals surface area contributed by atoms with Crippen LogP contribution in [0.25, 0.3) is 22.5 Å². The van der Waals surface area contributed by atoms with Gasteiger partial charge in [0.1, 0.15) is 10.6 Å². The van der Waals surface area contributed by atoms with Gasteiger partial charge in [-0.2, -0.15) is 0 Å². The van der Waals surface area contributed by atoms with Gasteiger partial charge in [-0.15, -0.1) is 32.9 Å². The van der Waals surface area contributed by atoms with Gasteiger partial charge in [-0.1, -0.05) is 62.4 Å². The van der Waals surface area contributed by atoms with E-state index < -0.39 is 5.97 Å². The number of aromatic nitrogens is 3. The molecule has 0 spiro atoms. The molecular formula is C26H28N4O3S3. The molecule has 0 unspecified atom stereocenters. The van der Waals surface area contributed by atoms with Crippen molar-refractivity contribution in [3.05, 3.63) is 57.6 Å². The molecule has 3 aromatic heterocycles. The number of amides is 1. The molecule has 0 aliphatic heterocycles. The monoisotopic (exact) mass is 540 g/mol. The number of hydrogen-bond donors (Lipinski definition) is 1. The minimum absolute atomic E-state index is 0.145. The summed E-state index contributed by atoms with van der Waals surface area (Å²) in [6.07, 6.45) is 3.08. The summed E-state index contributed by atoms with van der Waals surface area (Å²) in [4.78, 5) is 26.8. The number of methoxy groups -OCH3 is 1. The van der Waals surface area contributed by atoms with Crippen LogP contribution in [0.3, 0.4) is 0 Å². The molecule has 1 amide bonds. The van der Waals surface area contributed by atoms with Gasteiger partial charge in [0.05, 0.1) is 12.9 Å². The highest BCUT2D eigenvalue weighted by Gasteiger charge is 2.23. The number of benzene rings is 1. The third kappa shape index (κ3) is 5.88. The van der Waals surface area contributed by atoms with Gasteiger partial charge in [-0.3, -0.25) is 4.79 Å². The van der Waals surface area contributed by atoms with Gasteiger partial charge in [-0.25, -0.2) is 4.79 Å². The van der Waals surface area contributed by atoms with E-state index in [0.29, 0.717) is 15.7 Å². The van der Waals surface area contributed by atoms with Crippen LogP contribution < -0.4 is 5.32 Å². The number of aryl methyl sites for hydroxylation is 1. The van der Waals surface area contributed by atoms with E-state index in [4.69, 9.17) is 4.74 Å². The van der Waals surface area contributed by atoms with Crippen LogP contribution in [0.5, 0.6) is 0 Å². The second-order valence-corrected chi connectivity index (χ2v) is 10.9. The maximum absolute atomic E-state index is 12.9. The van der Waals surface area contributed by atoms with Crippen molar-refractivity contribution in [2.45, 2.75) is 44.8 Å². The molecule has 0 fully saturated rings. The minimum atomic E-state index is -0.483. The van der Waals surface area contributed by atoms with Crippen molar-refractivity contribution in [1.29, 1.82) is 0 Å². The van der Waals surface area contributed by atoms with Gasteiger partial charge in [0.15, 0.2) is 11.0 Å². The molecule has 36 heavy (non-hydrogen) atoms. The van der Waals surface area contributed by atoms with Crippen LogP contribution in [0.2, 0.25) is 0 Å². The fourth-order valence-corrected chi connectivity index (χ4v) is 6.49. The van der Waals surface area contributed by atoms with Crippen molar-refractivity contribution < 1.29 is 14.3 Å². The first-order chi connectivity index (χ1) is 17.5. The van der Waals surface area contributed by atoms with E-state index in [9.17, 15) is 9.59 Å². The van der Waals surface area contributed by atoms with Crippen molar-refractivity contribution in [3.63, 3.8) is 0 Å². The molecule has 4 rings (SSSR count). The molecular weight excluding hydrogens is 513 g/mol. The summed E-state index contributed by atoms with van der Waals surface area (Å²) >= 11 is 4.39. The van der Waals surface area contributed by atoms with Gasteiger partial charge < -0.3 is 14.6 Å². The Hall–Kier alpha value is -2.95. The number of rotatable bonds is 11. The minimum Gasteiger partial charge on any atom is -0.465 e. The number of nitrogens with one attached hydrogen (secondary N) is 1. The zero-order chi connectivity index (χ0) is 25.5. The van der Waals surface area contributed by atoms with Crippen LogP contribution >= 0.6 is 34.4 Å². The van der Waals surface area contributed by atoms with Gasteiger partial charge in [0.2, 0.25) is 5.91 Å². The van der Waals surface area contributed by atoms with Crippen molar-refractivity contribution in [3.8, 4) is 22.5 Å². The molecule has 4 aromatic rings. The maximum atomic E-state index is 12.9. The van der Waals surface area contributed by atoms with E-state index >= 15 is 0 Å². The number of esters is 1. The largest absolute Gasteiger partial charge is 0.465 e. The van der Waals surface area contributed by atoms with E-state index in [1.807, 2.05) is 35.7 Å². The highest BCUT2D eigenvalue weighted by atomic mass is 32.2. The second-order valence-electron chi connectivity index (χ2n) is 8.06. The van der Waals surface area contributed by atoms with E-state index in [1.165, 1.54) is 35.1 Å². The number of nitrogens with zero attached hydrogens (tertiary/aromatic N) is 3. The molecule has 0 aliphatic carbocycles. The van der Waals surface area contributed by atoms with Gasteiger partial charge in [-0.05, 0) is 24.5 Å². The summed E-state index contributed by atoms with van der Waals surface area (Å²) in [5.74, 6) is 0.270. The first-order valence-electron chi connectivity index (χ1n) is 11.7. The SMILES string of the molecule is CCCc1cc(-c2nnc(SCC(=O)Nc3scc(-c4ccccc4)c3C(=O)OC)n2CCC)cs1. The number of thioether (sulfide) groups is 1. The van der Waals surface area contributed by atoms with Crippen LogP contribution in [0, 0.1) is 0 Å². The quantitative estimate of drug-likeness (QED) is 0.170. The predicted molar refractivity (Wildman–Crippen MR) is 148 cm³/mol. The summed E-state index contributed by atoms with van der Waals surface area (Å²) in [5.41, 5.74) is 3.06. The Bertz CT molecular complexity index is 1330. The summed E-state index contributed by atoms with van der Waals surface area (Å²) in [6, 6.07) is 11.8. The maximum Gasteiger partial charge on any atom is 0.341 e. The fraction of sp³-hybridized carbons (Fsp3) is 0.308. The molecule has 7 nitrogen and oxygen atoms in total. The zero-order valence-electron chi connectivity index (χ0n) is 20.4. The average molecular weight is 541 g/mol. The van der Waals surface area contributed by atoms with Crippen LogP contribution in [0.4, 0.5) is 5.00 Å². The number of carbonyl (C=O) groups is 2. The predicted octanol–water partition coefficient (Wildman–Crippen LogP) is 6.62. The highest BCUT2D eigenvalue weighted by molar-refractivity contribution is 7.99. The average Bonchev–Trinajstić information content (AvgIpc) is 3.62. The zero-order valence-corrected chi connectivity index (χ0v) is 22.9. The first-order valence-corrected chi connectivity index (χ1v) is 14.5. The van der Waals surface area contributed by atoms with Crippen LogP contribution in [-0.2, 0) is 22.5 Å².